The van der Waals surface area contributed by atoms with E-state index in [1.54, 1.807) is 0 Å². The molecule has 0 aromatic carbocycles. The molecule has 0 radical (unpaired) electrons. The van der Waals surface area contributed by atoms with Crippen molar-refractivity contribution in [3.8, 4) is 0 Å². The SMILES string of the molecule is CC1(c2nnc3n2CCNC3c2ccncc2)CCCO1. The average Bonchev–Trinajstić information content (AvgIpc) is 3.15. The van der Waals surface area contributed by atoms with Gasteiger partial charge < -0.3 is 14.6 Å². The standard InChI is InChI=1S/C15H19N5O/c1-15(5-2-10-21-15)14-19-18-13-12(17-8-9-20(13)14)11-3-6-16-7-4-11/h3-4,6-7,12,17H,2,5,8-10H2,1H3. The van der Waals surface area contributed by atoms with Crippen molar-refractivity contribution in [2.75, 3.05) is 13.2 Å². The van der Waals surface area contributed by atoms with Crippen LogP contribution in [0.15, 0.2) is 24.5 Å². The Labute approximate surface area is 123 Å². The molecule has 0 bridgehead atoms. The second-order valence-corrected chi connectivity index (χ2v) is 5.88. The molecule has 110 valence electrons. The highest BCUT2D eigenvalue weighted by atomic mass is 16.5. The monoisotopic (exact) mass is 285 g/mol. The molecular formula is C15H19N5O. The van der Waals surface area contributed by atoms with Gasteiger partial charge in [-0.1, -0.05) is 0 Å². The Balaban J connectivity index is 1.75. The van der Waals surface area contributed by atoms with E-state index in [2.05, 4.69) is 32.0 Å². The fourth-order valence-electron chi connectivity index (χ4n) is 3.33. The summed E-state index contributed by atoms with van der Waals surface area (Å²) in [5.74, 6) is 1.94. The summed E-state index contributed by atoms with van der Waals surface area (Å²) >= 11 is 0. The maximum absolute atomic E-state index is 5.94. The number of rotatable bonds is 2. The van der Waals surface area contributed by atoms with Gasteiger partial charge in [-0.3, -0.25) is 4.98 Å². The smallest absolute Gasteiger partial charge is 0.165 e. The molecule has 2 atom stereocenters. The summed E-state index contributed by atoms with van der Waals surface area (Å²) in [4.78, 5) is 4.08. The van der Waals surface area contributed by atoms with Gasteiger partial charge in [0.15, 0.2) is 11.6 Å². The number of pyridine rings is 1. The minimum atomic E-state index is -0.286. The molecule has 2 aliphatic rings. The quantitative estimate of drug-likeness (QED) is 0.903. The topological polar surface area (TPSA) is 64.9 Å². The van der Waals surface area contributed by atoms with Crippen molar-refractivity contribution in [1.82, 2.24) is 25.1 Å². The molecular weight excluding hydrogens is 266 g/mol. The first-order valence-corrected chi connectivity index (χ1v) is 7.49. The van der Waals surface area contributed by atoms with E-state index in [1.807, 2.05) is 24.5 Å². The lowest BCUT2D eigenvalue weighted by Crippen LogP contribution is -2.37. The predicted octanol–water partition coefficient (Wildman–Crippen LogP) is 1.39. The highest BCUT2D eigenvalue weighted by Gasteiger charge is 2.39. The zero-order chi connectivity index (χ0) is 14.3. The Morgan fingerprint density at radius 2 is 2.19 bits per heavy atom. The van der Waals surface area contributed by atoms with E-state index in [0.717, 1.165) is 44.2 Å². The van der Waals surface area contributed by atoms with Crippen LogP contribution in [0.3, 0.4) is 0 Å². The lowest BCUT2D eigenvalue weighted by atomic mass is 10.0. The molecule has 1 fully saturated rings. The first-order chi connectivity index (χ1) is 10.3. The fraction of sp³-hybridized carbons (Fsp3) is 0.533. The van der Waals surface area contributed by atoms with Crippen molar-refractivity contribution in [1.29, 1.82) is 0 Å². The van der Waals surface area contributed by atoms with Crippen molar-refractivity contribution in [3.63, 3.8) is 0 Å². The molecule has 0 aliphatic carbocycles. The van der Waals surface area contributed by atoms with Gasteiger partial charge in [-0.2, -0.15) is 0 Å². The Kier molecular flexibility index (Phi) is 3.01. The van der Waals surface area contributed by atoms with Gasteiger partial charge >= 0.3 is 0 Å². The van der Waals surface area contributed by atoms with Crippen molar-refractivity contribution in [2.24, 2.45) is 0 Å². The third kappa shape index (κ3) is 2.06. The molecule has 1 saturated heterocycles. The molecule has 6 nitrogen and oxygen atoms in total. The summed E-state index contributed by atoms with van der Waals surface area (Å²) in [7, 11) is 0. The van der Waals surface area contributed by atoms with E-state index in [1.165, 1.54) is 5.56 Å². The third-order valence-electron chi connectivity index (χ3n) is 4.45. The predicted molar refractivity (Wildman–Crippen MR) is 76.6 cm³/mol. The summed E-state index contributed by atoms with van der Waals surface area (Å²) in [6, 6.07) is 4.12. The van der Waals surface area contributed by atoms with Crippen LogP contribution in [0.25, 0.3) is 0 Å². The van der Waals surface area contributed by atoms with Crippen LogP contribution < -0.4 is 5.32 Å². The Hall–Kier alpha value is -1.79. The van der Waals surface area contributed by atoms with Crippen LogP contribution in [0.1, 0.15) is 43.0 Å². The molecule has 0 saturated carbocycles. The molecule has 6 heteroatoms. The van der Waals surface area contributed by atoms with Crippen molar-refractivity contribution in [2.45, 2.75) is 38.0 Å². The summed E-state index contributed by atoms with van der Waals surface area (Å²) in [5.41, 5.74) is 0.883. The summed E-state index contributed by atoms with van der Waals surface area (Å²) in [5, 5.41) is 12.4. The van der Waals surface area contributed by atoms with Crippen LogP contribution in [0, 0.1) is 0 Å². The largest absolute Gasteiger partial charge is 0.367 e. The number of nitrogens with zero attached hydrogens (tertiary/aromatic N) is 4. The molecule has 2 aromatic rings. The second-order valence-electron chi connectivity index (χ2n) is 5.88. The molecule has 4 rings (SSSR count). The lowest BCUT2D eigenvalue weighted by Gasteiger charge is -2.29. The fourth-order valence-corrected chi connectivity index (χ4v) is 3.33. The van der Waals surface area contributed by atoms with Gasteiger partial charge in [0.05, 0.1) is 6.04 Å². The number of hydrogen-bond acceptors (Lipinski definition) is 5. The summed E-state index contributed by atoms with van der Waals surface area (Å²) in [6.07, 6.45) is 5.73. The van der Waals surface area contributed by atoms with Gasteiger partial charge in [0.2, 0.25) is 0 Å². The van der Waals surface area contributed by atoms with Crippen LogP contribution in [-0.2, 0) is 16.9 Å². The highest BCUT2D eigenvalue weighted by Crippen LogP contribution is 2.36. The first kappa shape index (κ1) is 12.9. The zero-order valence-corrected chi connectivity index (χ0v) is 12.1. The van der Waals surface area contributed by atoms with E-state index in [4.69, 9.17) is 4.74 Å². The number of nitrogens with one attached hydrogen (secondary N) is 1. The zero-order valence-electron chi connectivity index (χ0n) is 12.1. The molecule has 4 heterocycles. The average molecular weight is 285 g/mol. The first-order valence-electron chi connectivity index (χ1n) is 7.49. The molecule has 0 spiro atoms. The van der Waals surface area contributed by atoms with Gasteiger partial charge in [-0.25, -0.2) is 0 Å². The molecule has 1 N–H and O–H groups in total. The van der Waals surface area contributed by atoms with E-state index in [-0.39, 0.29) is 11.6 Å². The van der Waals surface area contributed by atoms with Crippen LogP contribution >= 0.6 is 0 Å². The highest BCUT2D eigenvalue weighted by molar-refractivity contribution is 5.25. The number of aromatic nitrogens is 4. The molecule has 2 unspecified atom stereocenters. The van der Waals surface area contributed by atoms with Crippen molar-refractivity contribution in [3.05, 3.63) is 41.7 Å². The van der Waals surface area contributed by atoms with Gasteiger partial charge in [0.1, 0.15) is 5.60 Å². The minimum Gasteiger partial charge on any atom is -0.367 e. The number of hydrogen-bond donors (Lipinski definition) is 1. The molecule has 21 heavy (non-hydrogen) atoms. The van der Waals surface area contributed by atoms with Gasteiger partial charge in [-0.15, -0.1) is 10.2 Å². The maximum Gasteiger partial charge on any atom is 0.165 e. The number of fused-ring (bicyclic) bond motifs is 1. The summed E-state index contributed by atoms with van der Waals surface area (Å²) in [6.45, 7) is 4.73. The normalized spacial score (nSPS) is 28.5. The van der Waals surface area contributed by atoms with E-state index in [9.17, 15) is 0 Å². The van der Waals surface area contributed by atoms with Crippen LogP contribution in [0.2, 0.25) is 0 Å². The van der Waals surface area contributed by atoms with Crippen LogP contribution in [0.4, 0.5) is 0 Å². The molecule has 0 amide bonds. The lowest BCUT2D eigenvalue weighted by molar-refractivity contribution is 0.00573. The second kappa shape index (κ2) is 4.89. The minimum absolute atomic E-state index is 0.0769. The van der Waals surface area contributed by atoms with Crippen molar-refractivity contribution >= 4 is 0 Å². The van der Waals surface area contributed by atoms with Crippen LogP contribution in [-0.4, -0.2) is 32.9 Å². The third-order valence-corrected chi connectivity index (χ3v) is 4.45. The Bertz CT molecular complexity index is 633. The number of ether oxygens (including phenoxy) is 1. The Morgan fingerprint density at radius 1 is 1.33 bits per heavy atom. The van der Waals surface area contributed by atoms with E-state index in [0.29, 0.717) is 0 Å². The van der Waals surface area contributed by atoms with Gasteiger partial charge in [0.25, 0.3) is 0 Å². The molecule has 2 aliphatic heterocycles. The van der Waals surface area contributed by atoms with Gasteiger partial charge in [0, 0.05) is 32.1 Å². The van der Waals surface area contributed by atoms with Gasteiger partial charge in [-0.05, 0) is 37.5 Å². The summed E-state index contributed by atoms with van der Waals surface area (Å²) < 4.78 is 8.17. The van der Waals surface area contributed by atoms with E-state index >= 15 is 0 Å². The maximum atomic E-state index is 5.94. The molecule has 2 aromatic heterocycles. The van der Waals surface area contributed by atoms with E-state index < -0.39 is 0 Å². The van der Waals surface area contributed by atoms with Crippen LogP contribution in [0.5, 0.6) is 0 Å². The Morgan fingerprint density at radius 3 is 2.95 bits per heavy atom. The van der Waals surface area contributed by atoms with Crippen molar-refractivity contribution < 1.29 is 4.74 Å².